The maximum Gasteiger partial charge on any atom is 0.416 e. The Morgan fingerprint density at radius 1 is 0.907 bits per heavy atom. The van der Waals surface area contributed by atoms with Gasteiger partial charge in [-0.05, 0) is 55.3 Å². The summed E-state index contributed by atoms with van der Waals surface area (Å²) in [6.45, 7) is 2.55. The van der Waals surface area contributed by atoms with Crippen LogP contribution in [0.15, 0.2) is 71.6 Å². The summed E-state index contributed by atoms with van der Waals surface area (Å²) in [7, 11) is -4.64. The van der Waals surface area contributed by atoms with Crippen molar-refractivity contribution in [3.05, 3.63) is 92.9 Å². The largest absolute Gasteiger partial charge is 0.416 e. The number of hydrogen-bond donors (Lipinski definition) is 1. The highest BCUT2D eigenvalue weighted by atomic mass is 35.5. The van der Waals surface area contributed by atoms with E-state index in [9.17, 15) is 31.2 Å². The van der Waals surface area contributed by atoms with Crippen LogP contribution >= 0.6 is 34.8 Å². The van der Waals surface area contributed by atoms with Gasteiger partial charge in [-0.15, -0.1) is 0 Å². The minimum atomic E-state index is -4.83. The van der Waals surface area contributed by atoms with Gasteiger partial charge in [0, 0.05) is 28.7 Å². The minimum absolute atomic E-state index is 0.124. The lowest BCUT2D eigenvalue weighted by atomic mass is 10.1. The van der Waals surface area contributed by atoms with Crippen molar-refractivity contribution >= 4 is 62.3 Å². The zero-order chi connectivity index (χ0) is 31.9. The van der Waals surface area contributed by atoms with Gasteiger partial charge in [-0.2, -0.15) is 13.2 Å². The van der Waals surface area contributed by atoms with E-state index in [4.69, 9.17) is 34.8 Å². The first-order valence-corrected chi connectivity index (χ1v) is 15.7. The van der Waals surface area contributed by atoms with Crippen LogP contribution in [0.1, 0.15) is 37.8 Å². The summed E-state index contributed by atoms with van der Waals surface area (Å²) in [4.78, 5) is 28.1. The Morgan fingerprint density at radius 2 is 1.53 bits per heavy atom. The van der Waals surface area contributed by atoms with Crippen LogP contribution in [0, 0.1) is 0 Å². The number of anilines is 1. The number of nitrogens with one attached hydrogen (secondary N) is 1. The standard InChI is InChI=1S/C29H29Cl3F3N3O4S/c1-3-15-36-28(40)25(4-2)37(17-21-22(30)11-8-12-23(21)31)27(39)18-38(43(41,42)20-9-6-5-7-10-20)26-16-19(29(33,34)35)13-14-24(26)32/h5-14,16,25H,3-4,15,17-18H2,1-2H3,(H,36,40). The van der Waals surface area contributed by atoms with E-state index in [1.165, 1.54) is 36.4 Å². The fraction of sp³-hybridized carbons (Fsp3) is 0.310. The molecule has 0 radical (unpaired) electrons. The Balaban J connectivity index is 2.18. The van der Waals surface area contributed by atoms with E-state index < -0.39 is 51.9 Å². The van der Waals surface area contributed by atoms with E-state index in [0.29, 0.717) is 35.0 Å². The highest BCUT2D eigenvalue weighted by Gasteiger charge is 2.37. The van der Waals surface area contributed by atoms with E-state index in [1.54, 1.807) is 19.1 Å². The number of sulfonamides is 1. The Labute approximate surface area is 263 Å². The zero-order valence-electron chi connectivity index (χ0n) is 23.2. The van der Waals surface area contributed by atoms with Crippen molar-refractivity contribution < 1.29 is 31.2 Å². The van der Waals surface area contributed by atoms with Gasteiger partial charge in [0.05, 0.1) is 21.2 Å². The number of hydrogen-bond acceptors (Lipinski definition) is 4. The second-order valence-electron chi connectivity index (χ2n) is 9.43. The summed E-state index contributed by atoms with van der Waals surface area (Å²) in [5, 5.41) is 2.79. The lowest BCUT2D eigenvalue weighted by molar-refractivity contribution is -0.140. The summed E-state index contributed by atoms with van der Waals surface area (Å²) in [6.07, 6.45) is -4.09. The quantitative estimate of drug-likeness (QED) is 0.220. The van der Waals surface area contributed by atoms with Crippen molar-refractivity contribution in [2.45, 2.75) is 50.3 Å². The molecule has 0 spiro atoms. The summed E-state index contributed by atoms with van der Waals surface area (Å²) >= 11 is 19.0. The average Bonchev–Trinajstić information content (AvgIpc) is 2.96. The van der Waals surface area contributed by atoms with Crippen LogP contribution in [0.5, 0.6) is 0 Å². The van der Waals surface area contributed by atoms with Gasteiger partial charge in [0.15, 0.2) is 0 Å². The molecule has 1 N–H and O–H groups in total. The number of carbonyl (C=O) groups is 2. The van der Waals surface area contributed by atoms with Gasteiger partial charge in [0.2, 0.25) is 11.8 Å². The fourth-order valence-corrected chi connectivity index (χ4v) is 6.48. The van der Waals surface area contributed by atoms with Crippen LogP contribution in [-0.2, 0) is 32.3 Å². The summed E-state index contributed by atoms with van der Waals surface area (Å²) in [5.41, 5.74) is -1.43. The van der Waals surface area contributed by atoms with Crippen LogP contribution in [0.3, 0.4) is 0 Å². The number of alkyl halides is 3. The second-order valence-corrected chi connectivity index (χ2v) is 12.5. The molecular formula is C29H29Cl3F3N3O4S. The van der Waals surface area contributed by atoms with Gasteiger partial charge in [-0.25, -0.2) is 8.42 Å². The summed E-state index contributed by atoms with van der Waals surface area (Å²) in [5.74, 6) is -1.40. The highest BCUT2D eigenvalue weighted by molar-refractivity contribution is 7.92. The molecule has 1 atom stereocenters. The molecule has 0 aliphatic heterocycles. The van der Waals surface area contributed by atoms with E-state index >= 15 is 0 Å². The number of rotatable bonds is 12. The third-order valence-corrected chi connectivity index (χ3v) is 9.28. The molecule has 3 aromatic rings. The summed E-state index contributed by atoms with van der Waals surface area (Å²) in [6, 6.07) is 12.7. The first-order valence-electron chi connectivity index (χ1n) is 13.2. The number of halogens is 6. The molecular weight excluding hydrogens is 650 g/mol. The second kappa shape index (κ2) is 14.7. The third kappa shape index (κ3) is 8.35. The monoisotopic (exact) mass is 677 g/mol. The molecule has 7 nitrogen and oxygen atoms in total. The van der Waals surface area contributed by atoms with Crippen molar-refractivity contribution in [3.8, 4) is 0 Å². The Hall–Kier alpha value is -2.99. The average molecular weight is 679 g/mol. The van der Waals surface area contributed by atoms with Gasteiger partial charge in [-0.1, -0.05) is 72.9 Å². The van der Waals surface area contributed by atoms with Crippen molar-refractivity contribution in [2.75, 3.05) is 17.4 Å². The molecule has 0 fully saturated rings. The molecule has 1 unspecified atom stereocenters. The Bertz CT molecular complexity index is 1540. The predicted octanol–water partition coefficient (Wildman–Crippen LogP) is 7.19. The molecule has 0 saturated heterocycles. The molecule has 14 heteroatoms. The van der Waals surface area contributed by atoms with E-state index in [1.807, 2.05) is 6.92 Å². The maximum atomic E-state index is 14.1. The van der Waals surface area contributed by atoms with Gasteiger partial charge < -0.3 is 10.2 Å². The van der Waals surface area contributed by atoms with E-state index in [2.05, 4.69) is 5.32 Å². The van der Waals surface area contributed by atoms with E-state index in [-0.39, 0.29) is 32.9 Å². The highest BCUT2D eigenvalue weighted by Crippen LogP contribution is 2.37. The molecule has 0 aliphatic carbocycles. The van der Waals surface area contributed by atoms with Gasteiger partial charge in [0.25, 0.3) is 10.0 Å². The van der Waals surface area contributed by atoms with Crippen LogP contribution in [0.2, 0.25) is 15.1 Å². The van der Waals surface area contributed by atoms with Crippen molar-refractivity contribution in [2.24, 2.45) is 0 Å². The van der Waals surface area contributed by atoms with Crippen molar-refractivity contribution in [3.63, 3.8) is 0 Å². The van der Waals surface area contributed by atoms with Gasteiger partial charge >= 0.3 is 6.18 Å². The SMILES string of the molecule is CCCNC(=O)C(CC)N(Cc1c(Cl)cccc1Cl)C(=O)CN(c1cc(C(F)(F)F)ccc1Cl)S(=O)(=O)c1ccccc1. The normalized spacial score (nSPS) is 12.5. The topological polar surface area (TPSA) is 86.8 Å². The number of amides is 2. The Morgan fingerprint density at radius 3 is 2.09 bits per heavy atom. The van der Waals surface area contributed by atoms with Crippen LogP contribution in [0.4, 0.5) is 18.9 Å². The van der Waals surface area contributed by atoms with Crippen LogP contribution in [-0.4, -0.2) is 44.3 Å². The molecule has 0 heterocycles. The maximum absolute atomic E-state index is 14.1. The van der Waals surface area contributed by atoms with E-state index in [0.717, 1.165) is 11.0 Å². The summed E-state index contributed by atoms with van der Waals surface area (Å²) < 4.78 is 69.3. The lowest BCUT2D eigenvalue weighted by Gasteiger charge is -2.34. The van der Waals surface area contributed by atoms with Crippen molar-refractivity contribution in [1.29, 1.82) is 0 Å². The van der Waals surface area contributed by atoms with Crippen molar-refractivity contribution in [1.82, 2.24) is 10.2 Å². The molecule has 0 bridgehead atoms. The smallest absolute Gasteiger partial charge is 0.354 e. The number of carbonyl (C=O) groups excluding carboxylic acids is 2. The van der Waals surface area contributed by atoms with Crippen LogP contribution < -0.4 is 9.62 Å². The third-order valence-electron chi connectivity index (χ3n) is 6.48. The zero-order valence-corrected chi connectivity index (χ0v) is 26.3. The number of nitrogens with zero attached hydrogens (tertiary/aromatic N) is 2. The van der Waals surface area contributed by atoms with Gasteiger partial charge in [-0.3, -0.25) is 13.9 Å². The molecule has 232 valence electrons. The molecule has 3 rings (SSSR count). The first-order chi connectivity index (χ1) is 20.2. The number of benzene rings is 3. The molecule has 3 aromatic carbocycles. The lowest BCUT2D eigenvalue weighted by Crippen LogP contribution is -2.52. The molecule has 0 saturated carbocycles. The minimum Gasteiger partial charge on any atom is -0.354 e. The molecule has 2 amide bonds. The predicted molar refractivity (Wildman–Crippen MR) is 162 cm³/mol. The molecule has 0 aromatic heterocycles. The van der Waals surface area contributed by atoms with Gasteiger partial charge in [0.1, 0.15) is 12.6 Å². The Kier molecular flexibility index (Phi) is 11.8. The molecule has 0 aliphatic rings. The molecule has 43 heavy (non-hydrogen) atoms. The van der Waals surface area contributed by atoms with Crippen LogP contribution in [0.25, 0.3) is 0 Å². The first kappa shape index (κ1) is 34.5. The fourth-order valence-electron chi connectivity index (χ4n) is 4.25.